The van der Waals surface area contributed by atoms with E-state index < -0.39 is 0 Å². The lowest BCUT2D eigenvalue weighted by Crippen LogP contribution is -2.03. The van der Waals surface area contributed by atoms with Crippen LogP contribution in [0.2, 0.25) is 0 Å². The molecule has 0 atom stereocenters. The van der Waals surface area contributed by atoms with Crippen LogP contribution in [0.15, 0.2) is 30.4 Å². The van der Waals surface area contributed by atoms with Crippen LogP contribution in [0.25, 0.3) is 0 Å². The molecule has 0 saturated carbocycles. The molecule has 0 unspecified atom stereocenters. The molecule has 1 aromatic carbocycles. The number of ether oxygens (including phenoxy) is 2. The summed E-state index contributed by atoms with van der Waals surface area (Å²) in [5, 5.41) is 0. The number of carbonyl (C=O) groups excluding carboxylic acids is 1. The maximum Gasteiger partial charge on any atom is 0.171 e. The van der Waals surface area contributed by atoms with Gasteiger partial charge >= 0.3 is 0 Å². The van der Waals surface area contributed by atoms with E-state index in [0.717, 1.165) is 12.8 Å². The molecule has 3 heteroatoms. The lowest BCUT2D eigenvalue weighted by atomic mass is 10.0. The van der Waals surface area contributed by atoms with E-state index in [2.05, 4.69) is 19.1 Å². The number of carbonyl (C=O) groups is 1. The average molecular weight is 389 g/mol. The molecule has 0 aliphatic carbocycles. The van der Waals surface area contributed by atoms with Gasteiger partial charge in [0.2, 0.25) is 0 Å². The largest absolute Gasteiger partial charge is 0.493 e. The SMILES string of the molecule is CCCCCC/C=C/CCCCCCCCC(=O)c1cccc(OC)c1OC. The molecule has 0 amide bonds. The van der Waals surface area contributed by atoms with E-state index in [4.69, 9.17) is 9.47 Å². The highest BCUT2D eigenvalue weighted by atomic mass is 16.5. The first-order valence-electron chi connectivity index (χ1n) is 11.1. The molecule has 0 aromatic heterocycles. The number of hydrogen-bond donors (Lipinski definition) is 0. The molecular formula is C25H40O3. The Bertz CT molecular complexity index is 563. The Morgan fingerprint density at radius 2 is 1.43 bits per heavy atom. The maximum absolute atomic E-state index is 12.5. The van der Waals surface area contributed by atoms with Gasteiger partial charge in [-0.05, 0) is 44.2 Å². The van der Waals surface area contributed by atoms with Crippen molar-refractivity contribution >= 4 is 5.78 Å². The fourth-order valence-corrected chi connectivity index (χ4v) is 3.42. The lowest BCUT2D eigenvalue weighted by Gasteiger charge is -2.11. The van der Waals surface area contributed by atoms with Crippen molar-refractivity contribution in [3.05, 3.63) is 35.9 Å². The first-order chi connectivity index (χ1) is 13.7. The Morgan fingerprint density at radius 3 is 2.04 bits per heavy atom. The number of benzene rings is 1. The number of methoxy groups -OCH3 is 2. The zero-order valence-corrected chi connectivity index (χ0v) is 18.3. The van der Waals surface area contributed by atoms with Crippen molar-refractivity contribution in [1.29, 1.82) is 0 Å². The van der Waals surface area contributed by atoms with E-state index in [1.807, 2.05) is 18.2 Å². The second-order valence-electron chi connectivity index (χ2n) is 7.44. The van der Waals surface area contributed by atoms with E-state index in [1.165, 1.54) is 64.2 Å². The van der Waals surface area contributed by atoms with Gasteiger partial charge in [-0.3, -0.25) is 4.79 Å². The number of hydrogen-bond acceptors (Lipinski definition) is 3. The molecule has 0 heterocycles. The summed E-state index contributed by atoms with van der Waals surface area (Å²) in [4.78, 5) is 12.5. The third-order valence-electron chi connectivity index (χ3n) is 5.12. The van der Waals surface area contributed by atoms with Crippen molar-refractivity contribution < 1.29 is 14.3 Å². The van der Waals surface area contributed by atoms with Crippen molar-refractivity contribution in [2.45, 2.75) is 90.4 Å². The molecular weight excluding hydrogens is 348 g/mol. The van der Waals surface area contributed by atoms with Gasteiger partial charge in [0.05, 0.1) is 19.8 Å². The van der Waals surface area contributed by atoms with Crippen LogP contribution in [0.1, 0.15) is 101 Å². The van der Waals surface area contributed by atoms with Crippen molar-refractivity contribution in [1.82, 2.24) is 0 Å². The predicted molar refractivity (Wildman–Crippen MR) is 119 cm³/mol. The van der Waals surface area contributed by atoms with E-state index in [9.17, 15) is 4.79 Å². The second-order valence-corrected chi connectivity index (χ2v) is 7.44. The zero-order valence-electron chi connectivity index (χ0n) is 18.3. The van der Waals surface area contributed by atoms with E-state index in [0.29, 0.717) is 23.5 Å². The van der Waals surface area contributed by atoms with Crippen LogP contribution in [0, 0.1) is 0 Å². The molecule has 0 saturated heterocycles. The Labute approximate surface area is 172 Å². The number of Topliss-reactive ketones (excluding diaryl/α,β-unsaturated/α-hetero) is 1. The lowest BCUT2D eigenvalue weighted by molar-refractivity contribution is 0.0975. The van der Waals surface area contributed by atoms with Crippen LogP contribution in [-0.4, -0.2) is 20.0 Å². The summed E-state index contributed by atoms with van der Waals surface area (Å²) in [6.07, 6.45) is 20.2. The summed E-state index contributed by atoms with van der Waals surface area (Å²) < 4.78 is 10.6. The van der Waals surface area contributed by atoms with Crippen molar-refractivity contribution in [2.75, 3.05) is 14.2 Å². The predicted octanol–water partition coefficient (Wildman–Crippen LogP) is 7.53. The molecule has 0 aliphatic rings. The number of para-hydroxylation sites is 1. The summed E-state index contributed by atoms with van der Waals surface area (Å²) in [5.74, 6) is 1.30. The van der Waals surface area contributed by atoms with Crippen LogP contribution < -0.4 is 9.47 Å². The standard InChI is InChI=1S/C25H40O3/c1-4-5-6-7-8-9-10-11-12-13-14-15-16-17-20-23(26)22-19-18-21-24(27-2)25(22)28-3/h9-10,18-19,21H,4-8,11-17,20H2,1-3H3/b10-9+. The highest BCUT2D eigenvalue weighted by Crippen LogP contribution is 2.31. The molecule has 1 aromatic rings. The fourth-order valence-electron chi connectivity index (χ4n) is 3.42. The molecule has 0 fully saturated rings. The zero-order chi connectivity index (χ0) is 20.5. The topological polar surface area (TPSA) is 35.5 Å². The molecule has 0 bridgehead atoms. The first-order valence-corrected chi connectivity index (χ1v) is 11.1. The average Bonchev–Trinajstić information content (AvgIpc) is 2.73. The Balaban J connectivity index is 2.07. The number of unbranched alkanes of at least 4 members (excludes halogenated alkanes) is 10. The summed E-state index contributed by atoms with van der Waals surface area (Å²) in [5.41, 5.74) is 0.628. The van der Waals surface area contributed by atoms with Gasteiger partial charge in [0.25, 0.3) is 0 Å². The molecule has 158 valence electrons. The number of rotatable bonds is 17. The van der Waals surface area contributed by atoms with Crippen LogP contribution in [-0.2, 0) is 0 Å². The van der Waals surface area contributed by atoms with Gasteiger partial charge < -0.3 is 9.47 Å². The van der Waals surface area contributed by atoms with Crippen LogP contribution in [0.4, 0.5) is 0 Å². The van der Waals surface area contributed by atoms with Gasteiger partial charge in [0.15, 0.2) is 17.3 Å². The van der Waals surface area contributed by atoms with Gasteiger partial charge in [-0.1, -0.05) is 70.1 Å². The van der Waals surface area contributed by atoms with Gasteiger partial charge in [0, 0.05) is 6.42 Å². The van der Waals surface area contributed by atoms with Gasteiger partial charge in [-0.25, -0.2) is 0 Å². The normalized spacial score (nSPS) is 11.1. The summed E-state index contributed by atoms with van der Waals surface area (Å²) in [7, 11) is 3.17. The molecule has 3 nitrogen and oxygen atoms in total. The van der Waals surface area contributed by atoms with E-state index in [1.54, 1.807) is 14.2 Å². The van der Waals surface area contributed by atoms with E-state index in [-0.39, 0.29) is 5.78 Å². The third kappa shape index (κ3) is 9.96. The van der Waals surface area contributed by atoms with Gasteiger partial charge in [-0.15, -0.1) is 0 Å². The van der Waals surface area contributed by atoms with Crippen LogP contribution in [0.3, 0.4) is 0 Å². The minimum Gasteiger partial charge on any atom is -0.493 e. The summed E-state index contributed by atoms with van der Waals surface area (Å²) in [6.45, 7) is 2.26. The van der Waals surface area contributed by atoms with E-state index >= 15 is 0 Å². The van der Waals surface area contributed by atoms with Crippen molar-refractivity contribution in [3.8, 4) is 11.5 Å². The second kappa shape index (κ2) is 16.2. The summed E-state index contributed by atoms with van der Waals surface area (Å²) in [6, 6.07) is 5.48. The molecule has 1 rings (SSSR count). The minimum absolute atomic E-state index is 0.139. The number of ketones is 1. The molecule has 0 aliphatic heterocycles. The van der Waals surface area contributed by atoms with Gasteiger partial charge in [-0.2, -0.15) is 0 Å². The first kappa shape index (κ1) is 24.3. The Hall–Kier alpha value is -1.77. The van der Waals surface area contributed by atoms with Crippen LogP contribution >= 0.6 is 0 Å². The quantitative estimate of drug-likeness (QED) is 0.157. The van der Waals surface area contributed by atoms with Crippen molar-refractivity contribution in [2.24, 2.45) is 0 Å². The van der Waals surface area contributed by atoms with Gasteiger partial charge in [0.1, 0.15) is 0 Å². The molecule has 0 radical (unpaired) electrons. The molecule has 28 heavy (non-hydrogen) atoms. The minimum atomic E-state index is 0.139. The molecule has 0 spiro atoms. The Morgan fingerprint density at radius 1 is 0.821 bits per heavy atom. The van der Waals surface area contributed by atoms with Crippen molar-refractivity contribution in [3.63, 3.8) is 0 Å². The van der Waals surface area contributed by atoms with Crippen LogP contribution in [0.5, 0.6) is 11.5 Å². The summed E-state index contributed by atoms with van der Waals surface area (Å²) >= 11 is 0. The monoisotopic (exact) mass is 388 g/mol. The fraction of sp³-hybridized carbons (Fsp3) is 0.640. The highest BCUT2D eigenvalue weighted by molar-refractivity contribution is 5.99. The highest BCUT2D eigenvalue weighted by Gasteiger charge is 2.15. The number of allylic oxidation sites excluding steroid dienone is 2. The third-order valence-corrected chi connectivity index (χ3v) is 5.12. The molecule has 0 N–H and O–H groups in total. The smallest absolute Gasteiger partial charge is 0.171 e. The Kier molecular flexibility index (Phi) is 14.0. The maximum atomic E-state index is 12.5.